The summed E-state index contributed by atoms with van der Waals surface area (Å²) in [7, 11) is 0. The van der Waals surface area contributed by atoms with Gasteiger partial charge in [0.05, 0.1) is 18.6 Å². The molecule has 0 radical (unpaired) electrons. The van der Waals surface area contributed by atoms with Crippen molar-refractivity contribution >= 4 is 45.4 Å². The monoisotopic (exact) mass is 557 g/mol. The third-order valence-electron chi connectivity index (χ3n) is 6.60. The quantitative estimate of drug-likeness (QED) is 0.0907. The highest BCUT2D eigenvalue weighted by molar-refractivity contribution is 7.99. The standard InChI is InChI=1S/C33H27N5O2S/c1-2-40-27-18-16-26(17-19-27)38-32(23-10-4-3-5-11-23)36-37-33(38)41-22-31(39)35-34-21-30-28-14-8-6-12-24(28)20-25-13-7-9-15-29(25)30/h3-21H,2,22H2,1H3,(H,35,39). The molecular formula is C33H27N5O2S. The van der Waals surface area contributed by atoms with Gasteiger partial charge in [0.1, 0.15) is 5.75 Å². The van der Waals surface area contributed by atoms with Crippen LogP contribution < -0.4 is 10.2 Å². The minimum Gasteiger partial charge on any atom is -0.494 e. The Hall–Kier alpha value is -4.95. The molecule has 7 nitrogen and oxygen atoms in total. The zero-order chi connectivity index (χ0) is 28.0. The number of rotatable bonds is 9. The number of hydrogen-bond acceptors (Lipinski definition) is 6. The van der Waals surface area contributed by atoms with E-state index in [0.717, 1.165) is 44.1 Å². The number of thioether (sulfide) groups is 1. The predicted octanol–water partition coefficient (Wildman–Crippen LogP) is 6.88. The van der Waals surface area contributed by atoms with E-state index in [-0.39, 0.29) is 11.7 Å². The number of ether oxygens (including phenoxy) is 1. The van der Waals surface area contributed by atoms with Crippen LogP contribution in [0, 0.1) is 0 Å². The smallest absolute Gasteiger partial charge is 0.250 e. The lowest BCUT2D eigenvalue weighted by molar-refractivity contribution is -0.118. The molecule has 0 saturated carbocycles. The Morgan fingerprint density at radius 1 is 0.878 bits per heavy atom. The fraction of sp³-hybridized carbons (Fsp3) is 0.0909. The normalized spacial score (nSPS) is 11.3. The van der Waals surface area contributed by atoms with Gasteiger partial charge in [0, 0.05) is 16.8 Å². The second kappa shape index (κ2) is 12.1. The van der Waals surface area contributed by atoms with E-state index in [4.69, 9.17) is 4.74 Å². The molecule has 1 amide bonds. The largest absolute Gasteiger partial charge is 0.494 e. The molecule has 41 heavy (non-hydrogen) atoms. The van der Waals surface area contributed by atoms with Crippen LogP contribution in [0.1, 0.15) is 12.5 Å². The van der Waals surface area contributed by atoms with Gasteiger partial charge < -0.3 is 4.74 Å². The molecule has 0 aliphatic rings. The molecule has 0 bridgehead atoms. The van der Waals surface area contributed by atoms with Crippen molar-refractivity contribution in [3.63, 3.8) is 0 Å². The van der Waals surface area contributed by atoms with E-state index in [0.29, 0.717) is 17.6 Å². The van der Waals surface area contributed by atoms with Crippen LogP contribution >= 0.6 is 11.8 Å². The number of nitrogens with zero attached hydrogens (tertiary/aromatic N) is 4. The van der Waals surface area contributed by atoms with E-state index < -0.39 is 0 Å². The lowest BCUT2D eigenvalue weighted by Gasteiger charge is -2.11. The number of fused-ring (bicyclic) bond motifs is 2. The molecule has 0 atom stereocenters. The molecule has 1 aromatic heterocycles. The van der Waals surface area contributed by atoms with E-state index >= 15 is 0 Å². The summed E-state index contributed by atoms with van der Waals surface area (Å²) < 4.78 is 7.56. The lowest BCUT2D eigenvalue weighted by Crippen LogP contribution is -2.20. The fourth-order valence-electron chi connectivity index (χ4n) is 4.75. The Morgan fingerprint density at radius 2 is 1.54 bits per heavy atom. The van der Waals surface area contributed by atoms with Gasteiger partial charge in [0.2, 0.25) is 0 Å². The Labute approximate surface area is 241 Å². The molecule has 0 aliphatic heterocycles. The van der Waals surface area contributed by atoms with Crippen LogP contribution in [0.15, 0.2) is 119 Å². The summed E-state index contributed by atoms with van der Waals surface area (Å²) in [5.41, 5.74) is 5.46. The minimum absolute atomic E-state index is 0.123. The summed E-state index contributed by atoms with van der Waals surface area (Å²) in [6.45, 7) is 2.55. The first-order chi connectivity index (χ1) is 20.2. The molecule has 0 aliphatic carbocycles. The minimum atomic E-state index is -0.238. The van der Waals surface area contributed by atoms with E-state index in [1.807, 2.05) is 90.4 Å². The first kappa shape index (κ1) is 26.3. The van der Waals surface area contributed by atoms with E-state index in [9.17, 15) is 4.79 Å². The van der Waals surface area contributed by atoms with Crippen molar-refractivity contribution in [1.82, 2.24) is 20.2 Å². The summed E-state index contributed by atoms with van der Waals surface area (Å²) in [5.74, 6) is 1.37. The van der Waals surface area contributed by atoms with Crippen LogP contribution in [0.25, 0.3) is 38.6 Å². The number of amides is 1. The van der Waals surface area contributed by atoms with Crippen molar-refractivity contribution in [2.45, 2.75) is 12.1 Å². The Bertz CT molecular complexity index is 1800. The number of aromatic nitrogens is 3. The maximum atomic E-state index is 12.9. The van der Waals surface area contributed by atoms with Crippen LogP contribution in [-0.4, -0.2) is 39.2 Å². The molecule has 202 valence electrons. The highest BCUT2D eigenvalue weighted by atomic mass is 32.2. The van der Waals surface area contributed by atoms with Crippen LogP contribution in [0.3, 0.4) is 0 Å². The van der Waals surface area contributed by atoms with Crippen LogP contribution in [0.5, 0.6) is 5.75 Å². The number of benzene rings is 5. The molecule has 8 heteroatoms. The molecule has 6 rings (SSSR count). The first-order valence-electron chi connectivity index (χ1n) is 13.3. The van der Waals surface area contributed by atoms with Gasteiger partial charge in [-0.2, -0.15) is 5.10 Å². The highest BCUT2D eigenvalue weighted by Crippen LogP contribution is 2.29. The van der Waals surface area contributed by atoms with Crippen LogP contribution in [0.4, 0.5) is 0 Å². The molecule has 0 saturated heterocycles. The first-order valence-corrected chi connectivity index (χ1v) is 14.3. The van der Waals surface area contributed by atoms with Gasteiger partial charge >= 0.3 is 0 Å². The number of nitrogens with one attached hydrogen (secondary N) is 1. The van der Waals surface area contributed by atoms with Crippen molar-refractivity contribution in [3.05, 3.63) is 115 Å². The molecule has 6 aromatic rings. The number of hydrogen-bond donors (Lipinski definition) is 1. The average molecular weight is 558 g/mol. The van der Waals surface area contributed by atoms with E-state index in [1.54, 1.807) is 6.21 Å². The molecule has 0 unspecified atom stereocenters. The molecule has 0 spiro atoms. The topological polar surface area (TPSA) is 81.4 Å². The van der Waals surface area contributed by atoms with Gasteiger partial charge in [-0.25, -0.2) is 5.43 Å². The highest BCUT2D eigenvalue weighted by Gasteiger charge is 2.17. The number of hydrazone groups is 1. The van der Waals surface area contributed by atoms with Crippen molar-refractivity contribution in [1.29, 1.82) is 0 Å². The molecule has 1 heterocycles. The summed E-state index contributed by atoms with van der Waals surface area (Å²) in [6, 6.07) is 36.1. The van der Waals surface area contributed by atoms with Crippen molar-refractivity contribution in [3.8, 4) is 22.8 Å². The molecular weight excluding hydrogens is 530 g/mol. The number of carbonyl (C=O) groups is 1. The summed E-state index contributed by atoms with van der Waals surface area (Å²) in [5, 5.41) is 18.2. The Morgan fingerprint density at radius 3 is 2.22 bits per heavy atom. The maximum absolute atomic E-state index is 12.9. The van der Waals surface area contributed by atoms with Crippen molar-refractivity contribution in [2.75, 3.05) is 12.4 Å². The number of carbonyl (C=O) groups excluding carboxylic acids is 1. The van der Waals surface area contributed by atoms with Crippen LogP contribution in [0.2, 0.25) is 0 Å². The summed E-state index contributed by atoms with van der Waals surface area (Å²) in [4.78, 5) is 12.9. The second-order valence-corrected chi connectivity index (χ2v) is 10.2. The summed E-state index contributed by atoms with van der Waals surface area (Å²) >= 11 is 1.30. The van der Waals surface area contributed by atoms with E-state index in [1.165, 1.54) is 11.8 Å². The molecule has 5 aromatic carbocycles. The summed E-state index contributed by atoms with van der Waals surface area (Å²) in [6.07, 6.45) is 1.73. The van der Waals surface area contributed by atoms with Gasteiger partial charge in [-0.15, -0.1) is 10.2 Å². The average Bonchev–Trinajstić information content (AvgIpc) is 3.44. The third kappa shape index (κ3) is 5.69. The Kier molecular flexibility index (Phi) is 7.73. The Balaban J connectivity index is 1.22. The van der Waals surface area contributed by atoms with Gasteiger partial charge in [0.25, 0.3) is 5.91 Å². The zero-order valence-corrected chi connectivity index (χ0v) is 23.2. The second-order valence-electron chi connectivity index (χ2n) is 9.25. The van der Waals surface area contributed by atoms with Gasteiger partial charge in [-0.1, -0.05) is 90.6 Å². The zero-order valence-electron chi connectivity index (χ0n) is 22.4. The fourth-order valence-corrected chi connectivity index (χ4v) is 5.49. The van der Waals surface area contributed by atoms with Gasteiger partial charge in [0.15, 0.2) is 11.0 Å². The molecule has 1 N–H and O–H groups in total. The predicted molar refractivity (Wildman–Crippen MR) is 166 cm³/mol. The maximum Gasteiger partial charge on any atom is 0.250 e. The van der Waals surface area contributed by atoms with E-state index in [2.05, 4.69) is 51.1 Å². The third-order valence-corrected chi connectivity index (χ3v) is 7.53. The van der Waals surface area contributed by atoms with Crippen molar-refractivity contribution in [2.24, 2.45) is 5.10 Å². The molecule has 0 fully saturated rings. The van der Waals surface area contributed by atoms with Gasteiger partial charge in [-0.05, 0) is 58.8 Å². The van der Waals surface area contributed by atoms with Crippen molar-refractivity contribution < 1.29 is 9.53 Å². The van der Waals surface area contributed by atoms with Crippen LogP contribution in [-0.2, 0) is 4.79 Å². The SMILES string of the molecule is CCOc1ccc(-n2c(SCC(=O)NN=Cc3c4ccccc4cc4ccccc34)nnc2-c2ccccc2)cc1. The lowest BCUT2D eigenvalue weighted by atomic mass is 9.97. The van der Waals surface area contributed by atoms with Gasteiger partial charge in [-0.3, -0.25) is 9.36 Å².